The van der Waals surface area contributed by atoms with Crippen LogP contribution in [0.2, 0.25) is 5.02 Å². The number of carboxylic acids is 1. The van der Waals surface area contributed by atoms with E-state index in [1.54, 1.807) is 12.1 Å². The Morgan fingerprint density at radius 3 is 2.41 bits per heavy atom. The van der Waals surface area contributed by atoms with Crippen LogP contribution in [0, 0.1) is 6.92 Å². The number of nitrogens with zero attached hydrogens (tertiary/aromatic N) is 2. The second-order valence-corrected chi connectivity index (χ2v) is 9.50. The summed E-state index contributed by atoms with van der Waals surface area (Å²) < 4.78 is 0. The number of pyridine rings is 1. The topological polar surface area (TPSA) is 103 Å². The molecule has 0 aliphatic carbocycles. The average molecular weight is 514 g/mol. The molecule has 37 heavy (non-hydrogen) atoms. The zero-order valence-corrected chi connectivity index (χ0v) is 20.8. The molecular weight excluding hydrogens is 490 g/mol. The zero-order chi connectivity index (χ0) is 26.1. The van der Waals surface area contributed by atoms with Crippen molar-refractivity contribution in [1.29, 1.82) is 0 Å². The van der Waals surface area contributed by atoms with Crippen LogP contribution in [0.15, 0.2) is 82.7 Å². The Morgan fingerprint density at radius 2 is 1.70 bits per heavy atom. The largest absolute Gasteiger partial charge is 0.481 e. The van der Waals surface area contributed by atoms with Crippen molar-refractivity contribution in [2.75, 3.05) is 0 Å². The Hall–Kier alpha value is -4.23. The lowest BCUT2D eigenvalue weighted by molar-refractivity contribution is -0.141. The molecule has 0 fully saturated rings. The normalized spacial score (nSPS) is 15.1. The number of aromatic nitrogens is 1. The number of halogens is 1. The summed E-state index contributed by atoms with van der Waals surface area (Å²) in [4.78, 5) is 40.7. The zero-order valence-electron chi connectivity index (χ0n) is 20.1. The Kier molecular flexibility index (Phi) is 6.63. The van der Waals surface area contributed by atoms with Gasteiger partial charge in [-0.2, -0.15) is 5.10 Å². The first-order valence-corrected chi connectivity index (χ1v) is 12.3. The van der Waals surface area contributed by atoms with Gasteiger partial charge in [0.2, 0.25) is 5.91 Å². The Bertz CT molecular complexity index is 1590. The molecule has 0 radical (unpaired) electrons. The number of nitrogens with one attached hydrogen (secondary N) is 1. The summed E-state index contributed by atoms with van der Waals surface area (Å²) in [6.07, 6.45) is -0.177. The lowest BCUT2D eigenvalue weighted by atomic mass is 9.91. The average Bonchev–Trinajstić information content (AvgIpc) is 3.32. The molecule has 1 amide bonds. The molecule has 2 heterocycles. The molecule has 0 spiro atoms. The predicted molar refractivity (Wildman–Crippen MR) is 144 cm³/mol. The maximum atomic E-state index is 13.5. The highest BCUT2D eigenvalue weighted by Gasteiger charge is 2.35. The van der Waals surface area contributed by atoms with E-state index < -0.39 is 17.9 Å². The first-order valence-electron chi connectivity index (χ1n) is 11.9. The highest BCUT2D eigenvalue weighted by molar-refractivity contribution is 6.30. The van der Waals surface area contributed by atoms with Gasteiger partial charge in [-0.05, 0) is 36.2 Å². The van der Waals surface area contributed by atoms with Crippen molar-refractivity contribution in [1.82, 2.24) is 9.99 Å². The van der Waals surface area contributed by atoms with Crippen molar-refractivity contribution in [3.63, 3.8) is 0 Å². The third-order valence-electron chi connectivity index (χ3n) is 6.52. The molecular formula is C29H24ClN3O4. The van der Waals surface area contributed by atoms with Crippen LogP contribution >= 0.6 is 11.6 Å². The van der Waals surface area contributed by atoms with Gasteiger partial charge in [-0.3, -0.25) is 14.4 Å². The number of amides is 1. The Morgan fingerprint density at radius 1 is 1.00 bits per heavy atom. The van der Waals surface area contributed by atoms with Gasteiger partial charge < -0.3 is 10.1 Å². The first-order chi connectivity index (χ1) is 17.8. The Labute approximate surface area is 218 Å². The predicted octanol–water partition coefficient (Wildman–Crippen LogP) is 5.70. The fourth-order valence-corrected chi connectivity index (χ4v) is 4.83. The van der Waals surface area contributed by atoms with E-state index >= 15 is 0 Å². The summed E-state index contributed by atoms with van der Waals surface area (Å²) in [6.45, 7) is 1.98. The molecule has 2 N–H and O–H groups in total. The van der Waals surface area contributed by atoms with Gasteiger partial charge in [0.15, 0.2) is 0 Å². The van der Waals surface area contributed by atoms with E-state index in [4.69, 9.17) is 16.7 Å². The van der Waals surface area contributed by atoms with Crippen molar-refractivity contribution < 1.29 is 14.7 Å². The fraction of sp³-hybridized carbons (Fsp3) is 0.172. The number of hydrogen-bond acceptors (Lipinski definition) is 4. The maximum absolute atomic E-state index is 13.5. The smallest absolute Gasteiger partial charge is 0.303 e. The summed E-state index contributed by atoms with van der Waals surface area (Å²) in [5, 5.41) is 16.5. The maximum Gasteiger partial charge on any atom is 0.303 e. The summed E-state index contributed by atoms with van der Waals surface area (Å²) in [5.41, 5.74) is 4.65. The van der Waals surface area contributed by atoms with Gasteiger partial charge in [0, 0.05) is 34.3 Å². The molecule has 3 aromatic carbocycles. The number of hydrazone groups is 1. The van der Waals surface area contributed by atoms with Crippen LogP contribution in [0.4, 0.5) is 0 Å². The molecule has 1 aliphatic heterocycles. The van der Waals surface area contributed by atoms with Crippen molar-refractivity contribution in [3.8, 4) is 11.1 Å². The molecule has 1 atom stereocenters. The van der Waals surface area contributed by atoms with Crippen LogP contribution in [0.25, 0.3) is 22.0 Å². The molecule has 4 aromatic rings. The van der Waals surface area contributed by atoms with Gasteiger partial charge in [0.25, 0.3) is 5.56 Å². The van der Waals surface area contributed by atoms with Crippen LogP contribution < -0.4 is 5.56 Å². The first kappa shape index (κ1) is 24.5. The molecule has 1 aromatic heterocycles. The SMILES string of the molecule is Cc1ccc([C@@H]2CC(c3c(-c4ccc(Cl)cc4)c4ccccc4[nH]c3=O)=NN2C(=O)CCC(=O)O)cc1. The molecule has 1 aliphatic rings. The number of H-pyrrole nitrogens is 1. The van der Waals surface area contributed by atoms with Gasteiger partial charge in [0.05, 0.1) is 23.7 Å². The number of benzene rings is 3. The van der Waals surface area contributed by atoms with E-state index in [0.717, 1.165) is 22.1 Å². The van der Waals surface area contributed by atoms with Crippen LogP contribution in [0.1, 0.15) is 42.0 Å². The number of rotatable bonds is 6. The second kappa shape index (κ2) is 10.0. The minimum Gasteiger partial charge on any atom is -0.481 e. The third kappa shape index (κ3) is 4.90. The van der Waals surface area contributed by atoms with E-state index in [1.165, 1.54) is 5.01 Å². The van der Waals surface area contributed by atoms with Crippen LogP contribution in [-0.2, 0) is 9.59 Å². The molecule has 0 bridgehead atoms. The number of fused-ring (bicyclic) bond motifs is 1. The summed E-state index contributed by atoms with van der Waals surface area (Å²) in [7, 11) is 0. The minimum atomic E-state index is -1.06. The van der Waals surface area contributed by atoms with E-state index in [9.17, 15) is 14.4 Å². The number of aliphatic carboxylic acids is 1. The van der Waals surface area contributed by atoms with E-state index in [2.05, 4.69) is 10.1 Å². The van der Waals surface area contributed by atoms with E-state index in [-0.39, 0.29) is 18.4 Å². The fourth-order valence-electron chi connectivity index (χ4n) is 4.70. The minimum absolute atomic E-state index is 0.188. The lowest BCUT2D eigenvalue weighted by Crippen LogP contribution is -2.27. The van der Waals surface area contributed by atoms with Crippen LogP contribution in [0.5, 0.6) is 0 Å². The van der Waals surface area contributed by atoms with E-state index in [1.807, 2.05) is 67.6 Å². The summed E-state index contributed by atoms with van der Waals surface area (Å²) in [5.74, 6) is -1.46. The van der Waals surface area contributed by atoms with Crippen LogP contribution in [-0.4, -0.2) is 32.7 Å². The van der Waals surface area contributed by atoms with Crippen molar-refractivity contribution in [2.24, 2.45) is 5.10 Å². The molecule has 0 saturated carbocycles. The number of hydrogen-bond donors (Lipinski definition) is 2. The highest BCUT2D eigenvalue weighted by Crippen LogP contribution is 2.37. The molecule has 8 heteroatoms. The molecule has 186 valence electrons. The number of carbonyl (C=O) groups excluding carboxylic acids is 1. The Balaban J connectivity index is 1.68. The monoisotopic (exact) mass is 513 g/mol. The summed E-state index contributed by atoms with van der Waals surface area (Å²) in [6, 6.07) is 22.1. The van der Waals surface area contributed by atoms with Crippen molar-refractivity contribution in [3.05, 3.63) is 105 Å². The number of carbonyl (C=O) groups is 2. The lowest BCUT2D eigenvalue weighted by Gasteiger charge is -2.22. The second-order valence-electron chi connectivity index (χ2n) is 9.07. The number of aromatic amines is 1. The van der Waals surface area contributed by atoms with Crippen molar-refractivity contribution in [2.45, 2.75) is 32.2 Å². The highest BCUT2D eigenvalue weighted by atomic mass is 35.5. The quantitative estimate of drug-likeness (QED) is 0.345. The molecule has 0 saturated heterocycles. The third-order valence-corrected chi connectivity index (χ3v) is 6.78. The van der Waals surface area contributed by atoms with Gasteiger partial charge in [0.1, 0.15) is 0 Å². The molecule has 5 rings (SSSR count). The number of para-hydroxylation sites is 1. The molecule has 7 nitrogen and oxygen atoms in total. The number of carboxylic acid groups (broad SMARTS) is 1. The van der Waals surface area contributed by atoms with Gasteiger partial charge in [-0.25, -0.2) is 5.01 Å². The van der Waals surface area contributed by atoms with Crippen molar-refractivity contribution >= 4 is 40.1 Å². The van der Waals surface area contributed by atoms with Gasteiger partial charge in [-0.1, -0.05) is 71.8 Å². The van der Waals surface area contributed by atoms with Crippen LogP contribution in [0.3, 0.4) is 0 Å². The molecule has 0 unspecified atom stereocenters. The van der Waals surface area contributed by atoms with E-state index in [0.29, 0.717) is 33.8 Å². The van der Waals surface area contributed by atoms with Gasteiger partial charge >= 0.3 is 5.97 Å². The van der Waals surface area contributed by atoms with Gasteiger partial charge in [-0.15, -0.1) is 0 Å². The summed E-state index contributed by atoms with van der Waals surface area (Å²) >= 11 is 6.14. The standard InChI is InChI=1S/C29H24ClN3O4/c1-17-6-8-18(9-7-17)24-16-23(32-33(24)25(34)14-15-26(35)36)28-27(19-10-12-20(30)13-11-19)21-4-2-3-5-22(21)31-29(28)37/h2-13,24H,14-16H2,1H3,(H,31,37)(H,35,36)/t24-/m0/s1. The number of aryl methyl sites for hydroxylation is 1.